The smallest absolute Gasteiger partial charge is 0.220 e. The average molecular weight is 219 g/mol. The molecule has 2 aliphatic rings. The van der Waals surface area contributed by atoms with Crippen molar-refractivity contribution in [1.29, 1.82) is 0 Å². The molecule has 2 atom stereocenters. The van der Waals surface area contributed by atoms with Gasteiger partial charge in [-0.05, 0) is 38.5 Å². The van der Waals surface area contributed by atoms with Crippen LogP contribution in [0.4, 0.5) is 0 Å². The lowest BCUT2D eigenvalue weighted by Gasteiger charge is -2.14. The highest BCUT2D eigenvalue weighted by Gasteiger charge is 2.26. The van der Waals surface area contributed by atoms with Gasteiger partial charge in [0.05, 0.1) is 5.69 Å². The summed E-state index contributed by atoms with van der Waals surface area (Å²) in [6.45, 7) is 0. The summed E-state index contributed by atoms with van der Waals surface area (Å²) in [5, 5.41) is 0. The molecule has 0 amide bonds. The number of rotatable bonds is 2. The first-order valence-electron chi connectivity index (χ1n) is 6.08. The second-order valence-electron chi connectivity index (χ2n) is 4.77. The molecule has 0 bridgehead atoms. The van der Waals surface area contributed by atoms with E-state index >= 15 is 0 Å². The summed E-state index contributed by atoms with van der Waals surface area (Å²) >= 11 is 0. The van der Waals surface area contributed by atoms with Gasteiger partial charge in [-0.2, -0.15) is 0 Å². The van der Waals surface area contributed by atoms with E-state index in [2.05, 4.69) is 9.97 Å². The predicted molar refractivity (Wildman–Crippen MR) is 60.3 cm³/mol. The van der Waals surface area contributed by atoms with Gasteiger partial charge in [0.25, 0.3) is 0 Å². The Balaban J connectivity index is 1.77. The van der Waals surface area contributed by atoms with Crippen LogP contribution in [-0.2, 0) is 12.8 Å². The van der Waals surface area contributed by atoms with Crippen LogP contribution >= 0.6 is 0 Å². The van der Waals surface area contributed by atoms with Gasteiger partial charge in [-0.15, -0.1) is 0 Å². The van der Waals surface area contributed by atoms with E-state index in [1.54, 1.807) is 6.33 Å². The molecule has 2 N–H and O–H groups in total. The standard InChI is InChI=1S/C12H17N3O/c13-8-4-5-9(6-8)16-12-10-2-1-3-11(10)14-7-15-12/h7-9H,1-6,13H2. The normalized spacial score (nSPS) is 28.1. The second kappa shape index (κ2) is 4.01. The third-order valence-corrected chi connectivity index (χ3v) is 3.54. The van der Waals surface area contributed by atoms with Crippen molar-refractivity contribution in [1.82, 2.24) is 9.97 Å². The zero-order valence-electron chi connectivity index (χ0n) is 9.35. The molecule has 86 valence electrons. The zero-order valence-corrected chi connectivity index (χ0v) is 9.35. The first-order valence-corrected chi connectivity index (χ1v) is 6.08. The largest absolute Gasteiger partial charge is 0.474 e. The molecule has 16 heavy (non-hydrogen) atoms. The molecule has 1 aromatic heterocycles. The van der Waals surface area contributed by atoms with E-state index in [0.717, 1.165) is 38.0 Å². The Hall–Kier alpha value is -1.16. The Labute approximate surface area is 95.2 Å². The first kappa shape index (κ1) is 10.0. The van der Waals surface area contributed by atoms with E-state index in [1.807, 2.05) is 0 Å². The van der Waals surface area contributed by atoms with E-state index in [0.29, 0.717) is 6.04 Å². The second-order valence-corrected chi connectivity index (χ2v) is 4.77. The molecule has 1 aromatic rings. The fourth-order valence-electron chi connectivity index (χ4n) is 2.67. The molecule has 2 aliphatic carbocycles. The van der Waals surface area contributed by atoms with Crippen molar-refractivity contribution in [2.75, 3.05) is 0 Å². The van der Waals surface area contributed by atoms with Crippen molar-refractivity contribution in [2.24, 2.45) is 5.73 Å². The highest BCUT2D eigenvalue weighted by Crippen LogP contribution is 2.30. The maximum absolute atomic E-state index is 5.96. The van der Waals surface area contributed by atoms with Crippen LogP contribution in [0.1, 0.15) is 36.9 Å². The third-order valence-electron chi connectivity index (χ3n) is 3.54. The van der Waals surface area contributed by atoms with E-state index < -0.39 is 0 Å². The van der Waals surface area contributed by atoms with Crippen LogP contribution in [0.25, 0.3) is 0 Å². The summed E-state index contributed by atoms with van der Waals surface area (Å²) in [6, 6.07) is 0.305. The number of hydrogen-bond acceptors (Lipinski definition) is 4. The molecule has 0 spiro atoms. The van der Waals surface area contributed by atoms with Gasteiger partial charge in [0.2, 0.25) is 5.88 Å². The zero-order chi connectivity index (χ0) is 11.0. The van der Waals surface area contributed by atoms with Gasteiger partial charge in [-0.1, -0.05) is 0 Å². The lowest BCUT2D eigenvalue weighted by atomic mass is 10.2. The molecular formula is C12H17N3O. The van der Waals surface area contributed by atoms with Crippen LogP contribution in [0, 0.1) is 0 Å². The van der Waals surface area contributed by atoms with Gasteiger partial charge < -0.3 is 10.5 Å². The van der Waals surface area contributed by atoms with Crippen molar-refractivity contribution in [3.8, 4) is 5.88 Å². The Morgan fingerprint density at radius 1 is 1.25 bits per heavy atom. The Morgan fingerprint density at radius 3 is 3.00 bits per heavy atom. The number of aromatic nitrogens is 2. The number of nitrogens with two attached hydrogens (primary N) is 1. The quantitative estimate of drug-likeness (QED) is 0.812. The summed E-state index contributed by atoms with van der Waals surface area (Å²) < 4.78 is 5.96. The van der Waals surface area contributed by atoms with Gasteiger partial charge >= 0.3 is 0 Å². The third kappa shape index (κ3) is 1.78. The van der Waals surface area contributed by atoms with Crippen LogP contribution in [0.3, 0.4) is 0 Å². The monoisotopic (exact) mass is 219 g/mol. The van der Waals surface area contributed by atoms with E-state index in [9.17, 15) is 0 Å². The van der Waals surface area contributed by atoms with Gasteiger partial charge in [-0.3, -0.25) is 0 Å². The Kier molecular flexibility index (Phi) is 2.52. The lowest BCUT2D eigenvalue weighted by molar-refractivity contribution is 0.197. The van der Waals surface area contributed by atoms with Gasteiger partial charge in [0, 0.05) is 11.6 Å². The maximum Gasteiger partial charge on any atom is 0.220 e. The first-order chi connectivity index (χ1) is 7.83. The summed E-state index contributed by atoms with van der Waals surface area (Å²) in [4.78, 5) is 8.56. The van der Waals surface area contributed by atoms with Crippen molar-refractivity contribution >= 4 is 0 Å². The highest BCUT2D eigenvalue weighted by atomic mass is 16.5. The van der Waals surface area contributed by atoms with Crippen molar-refractivity contribution < 1.29 is 4.74 Å². The number of nitrogens with zero attached hydrogens (tertiary/aromatic N) is 2. The number of ether oxygens (including phenoxy) is 1. The average Bonchev–Trinajstić information content (AvgIpc) is 2.87. The molecule has 0 aliphatic heterocycles. The molecule has 3 rings (SSSR count). The molecular weight excluding hydrogens is 202 g/mol. The van der Waals surface area contributed by atoms with E-state index in [-0.39, 0.29) is 6.10 Å². The molecule has 1 saturated carbocycles. The van der Waals surface area contributed by atoms with Gasteiger partial charge in [0.1, 0.15) is 12.4 Å². The fourth-order valence-corrected chi connectivity index (χ4v) is 2.67. The molecule has 0 saturated heterocycles. The molecule has 0 aromatic carbocycles. The molecule has 2 unspecified atom stereocenters. The molecule has 0 radical (unpaired) electrons. The number of hydrogen-bond donors (Lipinski definition) is 1. The van der Waals surface area contributed by atoms with Crippen molar-refractivity contribution in [3.05, 3.63) is 17.6 Å². The summed E-state index contributed by atoms with van der Waals surface area (Å²) in [6.07, 6.45) is 8.26. The number of fused-ring (bicyclic) bond motifs is 1. The minimum Gasteiger partial charge on any atom is -0.474 e. The van der Waals surface area contributed by atoms with Crippen LogP contribution in [0.2, 0.25) is 0 Å². The predicted octanol–water partition coefficient (Wildman–Crippen LogP) is 1.22. The topological polar surface area (TPSA) is 61.0 Å². The minimum atomic E-state index is 0.259. The molecule has 1 fully saturated rings. The van der Waals surface area contributed by atoms with Crippen LogP contribution in [-0.4, -0.2) is 22.1 Å². The van der Waals surface area contributed by atoms with E-state index in [4.69, 9.17) is 10.5 Å². The highest BCUT2D eigenvalue weighted by molar-refractivity contribution is 5.33. The van der Waals surface area contributed by atoms with Crippen LogP contribution in [0.5, 0.6) is 5.88 Å². The maximum atomic E-state index is 5.96. The van der Waals surface area contributed by atoms with E-state index in [1.165, 1.54) is 17.7 Å². The lowest BCUT2D eigenvalue weighted by Crippen LogP contribution is -2.20. The number of aryl methyl sites for hydroxylation is 1. The van der Waals surface area contributed by atoms with Crippen LogP contribution in [0.15, 0.2) is 6.33 Å². The SMILES string of the molecule is NC1CCC(Oc2ncnc3c2CCC3)C1. The van der Waals surface area contributed by atoms with Gasteiger partial charge in [-0.25, -0.2) is 9.97 Å². The summed E-state index contributed by atoms with van der Waals surface area (Å²) in [5.41, 5.74) is 8.28. The molecule has 1 heterocycles. The van der Waals surface area contributed by atoms with Crippen LogP contribution < -0.4 is 10.5 Å². The molecule has 4 nitrogen and oxygen atoms in total. The minimum absolute atomic E-state index is 0.259. The molecule has 4 heteroatoms. The van der Waals surface area contributed by atoms with Gasteiger partial charge in [0.15, 0.2) is 0 Å². The van der Waals surface area contributed by atoms with Crippen molar-refractivity contribution in [2.45, 2.75) is 50.7 Å². The fraction of sp³-hybridized carbons (Fsp3) is 0.667. The van der Waals surface area contributed by atoms with Crippen molar-refractivity contribution in [3.63, 3.8) is 0 Å². The summed E-state index contributed by atoms with van der Waals surface area (Å²) in [5.74, 6) is 0.807. The summed E-state index contributed by atoms with van der Waals surface area (Å²) in [7, 11) is 0. The Bertz CT molecular complexity index is 394. The Morgan fingerprint density at radius 2 is 2.19 bits per heavy atom.